The number of carbonyl (C=O) groups is 1. The van der Waals surface area contributed by atoms with Crippen molar-refractivity contribution < 1.29 is 13.6 Å². The maximum absolute atomic E-state index is 13.5. The lowest BCUT2D eigenvalue weighted by atomic mass is 10.2. The van der Waals surface area contributed by atoms with E-state index in [1.165, 1.54) is 12.1 Å². The first-order valence-electron chi connectivity index (χ1n) is 5.87. The van der Waals surface area contributed by atoms with Crippen LogP contribution in [-0.2, 0) is 11.3 Å². The summed E-state index contributed by atoms with van der Waals surface area (Å²) in [4.78, 5) is 13.5. The van der Waals surface area contributed by atoms with Crippen molar-refractivity contribution in [1.29, 1.82) is 0 Å². The molecule has 1 aromatic carbocycles. The number of benzene rings is 1. The molecule has 1 fully saturated rings. The Labute approximate surface area is 110 Å². The van der Waals surface area contributed by atoms with Crippen LogP contribution < -0.4 is 0 Å². The molecular weight excluding hydrogens is 260 g/mol. The predicted octanol–water partition coefficient (Wildman–Crippen LogP) is 3.08. The van der Waals surface area contributed by atoms with E-state index in [-0.39, 0.29) is 18.5 Å². The minimum absolute atomic E-state index is 0.142. The van der Waals surface area contributed by atoms with E-state index in [4.69, 9.17) is 11.6 Å². The third-order valence-electron chi connectivity index (χ3n) is 2.97. The van der Waals surface area contributed by atoms with Gasteiger partial charge in [-0.1, -0.05) is 6.07 Å². The van der Waals surface area contributed by atoms with E-state index < -0.39 is 17.0 Å². The molecule has 1 aliphatic rings. The molecule has 18 heavy (non-hydrogen) atoms. The van der Waals surface area contributed by atoms with Gasteiger partial charge < -0.3 is 4.90 Å². The first-order valence-corrected chi connectivity index (χ1v) is 6.31. The van der Waals surface area contributed by atoms with Crippen LogP contribution in [0.1, 0.15) is 25.3 Å². The van der Waals surface area contributed by atoms with Crippen LogP contribution in [0, 0.1) is 11.6 Å². The molecule has 0 N–H and O–H groups in total. The van der Waals surface area contributed by atoms with E-state index in [0.717, 1.165) is 18.9 Å². The molecule has 2 nitrogen and oxygen atoms in total. The summed E-state index contributed by atoms with van der Waals surface area (Å²) in [5, 5.41) is -0.630. The van der Waals surface area contributed by atoms with Gasteiger partial charge in [-0.3, -0.25) is 4.79 Å². The Morgan fingerprint density at radius 1 is 1.50 bits per heavy atom. The first-order chi connectivity index (χ1) is 8.49. The summed E-state index contributed by atoms with van der Waals surface area (Å²) in [6.45, 7) is 1.74. The minimum Gasteiger partial charge on any atom is -0.334 e. The van der Waals surface area contributed by atoms with Crippen LogP contribution >= 0.6 is 11.6 Å². The second kappa shape index (κ2) is 5.22. The molecular formula is C13H14ClF2NO. The average molecular weight is 274 g/mol. The molecule has 1 amide bonds. The highest BCUT2D eigenvalue weighted by Gasteiger charge is 2.34. The smallest absolute Gasteiger partial charge is 0.240 e. The largest absolute Gasteiger partial charge is 0.334 e. The summed E-state index contributed by atoms with van der Waals surface area (Å²) in [6.07, 6.45) is 1.83. The van der Waals surface area contributed by atoms with Crippen molar-refractivity contribution in [3.05, 3.63) is 35.4 Å². The molecule has 2 rings (SSSR count). The quantitative estimate of drug-likeness (QED) is 0.772. The maximum Gasteiger partial charge on any atom is 0.240 e. The molecule has 1 atom stereocenters. The van der Waals surface area contributed by atoms with Gasteiger partial charge in [-0.25, -0.2) is 8.78 Å². The highest BCUT2D eigenvalue weighted by atomic mass is 35.5. The molecule has 0 aliphatic heterocycles. The van der Waals surface area contributed by atoms with Crippen LogP contribution in [0.15, 0.2) is 18.2 Å². The third-order valence-corrected chi connectivity index (χ3v) is 3.15. The van der Waals surface area contributed by atoms with Crippen LogP contribution in [0.2, 0.25) is 0 Å². The summed E-state index contributed by atoms with van der Waals surface area (Å²) >= 11 is 5.78. The fraction of sp³-hybridized carbons (Fsp3) is 0.462. The fourth-order valence-electron chi connectivity index (χ4n) is 1.84. The van der Waals surface area contributed by atoms with Gasteiger partial charge >= 0.3 is 0 Å². The molecule has 1 aromatic rings. The van der Waals surface area contributed by atoms with E-state index in [1.807, 2.05) is 0 Å². The first kappa shape index (κ1) is 13.3. The van der Waals surface area contributed by atoms with E-state index in [1.54, 1.807) is 11.8 Å². The third kappa shape index (κ3) is 2.99. The van der Waals surface area contributed by atoms with Gasteiger partial charge in [0.2, 0.25) is 5.91 Å². The van der Waals surface area contributed by atoms with Crippen molar-refractivity contribution in [1.82, 2.24) is 4.90 Å². The number of hydrogen-bond donors (Lipinski definition) is 0. The van der Waals surface area contributed by atoms with E-state index >= 15 is 0 Å². The van der Waals surface area contributed by atoms with Gasteiger partial charge in [-0.05, 0) is 25.8 Å². The second-order valence-corrected chi connectivity index (χ2v) is 5.20. The molecule has 5 heteroatoms. The van der Waals surface area contributed by atoms with Crippen molar-refractivity contribution in [2.75, 3.05) is 0 Å². The van der Waals surface area contributed by atoms with Gasteiger partial charge in [0, 0.05) is 24.2 Å². The van der Waals surface area contributed by atoms with E-state index in [9.17, 15) is 13.6 Å². The lowest BCUT2D eigenvalue weighted by Gasteiger charge is -2.24. The zero-order valence-electron chi connectivity index (χ0n) is 10.00. The van der Waals surface area contributed by atoms with Crippen LogP contribution in [0.3, 0.4) is 0 Å². The Balaban J connectivity index is 2.16. The molecule has 0 saturated heterocycles. The zero-order chi connectivity index (χ0) is 13.3. The van der Waals surface area contributed by atoms with Crippen LogP contribution in [0.5, 0.6) is 0 Å². The van der Waals surface area contributed by atoms with Crippen molar-refractivity contribution in [3.8, 4) is 0 Å². The molecule has 98 valence electrons. The number of amides is 1. The Hall–Kier alpha value is -1.16. The van der Waals surface area contributed by atoms with Crippen LogP contribution in [-0.4, -0.2) is 22.2 Å². The fourth-order valence-corrected chi connectivity index (χ4v) is 1.96. The Morgan fingerprint density at radius 2 is 2.17 bits per heavy atom. The van der Waals surface area contributed by atoms with Gasteiger partial charge in [0.15, 0.2) is 0 Å². The molecule has 1 saturated carbocycles. The Kier molecular flexibility index (Phi) is 3.85. The number of rotatable bonds is 4. The minimum atomic E-state index is -0.630. The Bertz CT molecular complexity index is 460. The maximum atomic E-state index is 13.5. The van der Waals surface area contributed by atoms with E-state index in [0.29, 0.717) is 5.56 Å². The summed E-state index contributed by atoms with van der Waals surface area (Å²) in [5.41, 5.74) is 0.314. The van der Waals surface area contributed by atoms with Gasteiger partial charge in [0.05, 0.1) is 0 Å². The van der Waals surface area contributed by atoms with Crippen LogP contribution in [0.4, 0.5) is 8.78 Å². The van der Waals surface area contributed by atoms with Gasteiger partial charge in [-0.15, -0.1) is 11.6 Å². The summed E-state index contributed by atoms with van der Waals surface area (Å²) in [5.74, 6) is -1.45. The van der Waals surface area contributed by atoms with Crippen molar-refractivity contribution in [3.63, 3.8) is 0 Å². The standard InChI is InChI=1S/C13H14ClF2NO/c1-8(14)13(18)17(11-4-5-11)7-9-2-3-10(15)6-12(9)16/h2-3,6,8,11H,4-5,7H2,1H3. The summed E-state index contributed by atoms with van der Waals surface area (Å²) < 4.78 is 26.3. The lowest BCUT2D eigenvalue weighted by molar-refractivity contribution is -0.131. The molecule has 0 spiro atoms. The number of hydrogen-bond acceptors (Lipinski definition) is 1. The molecule has 0 aromatic heterocycles. The molecule has 0 bridgehead atoms. The van der Waals surface area contributed by atoms with Crippen molar-refractivity contribution in [2.24, 2.45) is 0 Å². The average Bonchev–Trinajstić information content (AvgIpc) is 3.11. The molecule has 0 heterocycles. The SMILES string of the molecule is CC(Cl)C(=O)N(Cc1ccc(F)cc1F)C1CC1. The van der Waals surface area contributed by atoms with Crippen molar-refractivity contribution in [2.45, 2.75) is 37.7 Å². The normalized spacial score (nSPS) is 16.4. The molecule has 0 radical (unpaired) electrons. The van der Waals surface area contributed by atoms with Crippen LogP contribution in [0.25, 0.3) is 0 Å². The molecule has 1 unspecified atom stereocenters. The topological polar surface area (TPSA) is 20.3 Å². The lowest BCUT2D eigenvalue weighted by Crippen LogP contribution is -2.37. The highest BCUT2D eigenvalue weighted by molar-refractivity contribution is 6.30. The van der Waals surface area contributed by atoms with Gasteiger partial charge in [0.25, 0.3) is 0 Å². The van der Waals surface area contributed by atoms with E-state index in [2.05, 4.69) is 0 Å². The second-order valence-electron chi connectivity index (χ2n) is 4.55. The highest BCUT2D eigenvalue weighted by Crippen LogP contribution is 2.30. The Morgan fingerprint density at radius 3 is 2.67 bits per heavy atom. The number of nitrogens with zero attached hydrogens (tertiary/aromatic N) is 1. The van der Waals surface area contributed by atoms with Gasteiger partial charge in [-0.2, -0.15) is 0 Å². The monoisotopic (exact) mass is 273 g/mol. The number of carbonyl (C=O) groups excluding carboxylic acids is 1. The number of halogens is 3. The predicted molar refractivity (Wildman–Crippen MR) is 65.2 cm³/mol. The molecule has 1 aliphatic carbocycles. The summed E-state index contributed by atoms with van der Waals surface area (Å²) in [6, 6.07) is 3.53. The van der Waals surface area contributed by atoms with Crippen molar-refractivity contribution >= 4 is 17.5 Å². The van der Waals surface area contributed by atoms with Gasteiger partial charge in [0.1, 0.15) is 17.0 Å². The number of alkyl halides is 1. The summed E-state index contributed by atoms with van der Waals surface area (Å²) in [7, 11) is 0. The zero-order valence-corrected chi connectivity index (χ0v) is 10.8.